The Bertz CT molecular complexity index is 395. The second-order valence-corrected chi connectivity index (χ2v) is 4.91. The number of aromatic nitrogens is 1. The number of pyridine rings is 1. The molecule has 0 spiro atoms. The Morgan fingerprint density at radius 2 is 2.00 bits per heavy atom. The fraction of sp³-hybridized carbons (Fsp3) is 0.571. The van der Waals surface area contributed by atoms with E-state index in [2.05, 4.69) is 4.98 Å². The molecule has 0 aromatic carbocycles. The summed E-state index contributed by atoms with van der Waals surface area (Å²) in [7, 11) is 0. The molecule has 0 atom stereocenters. The Morgan fingerprint density at radius 1 is 1.26 bits per heavy atom. The predicted molar refractivity (Wildman–Crippen MR) is 71.4 cm³/mol. The molecule has 0 saturated carbocycles. The van der Waals surface area contributed by atoms with Crippen LogP contribution >= 0.6 is 0 Å². The molecular weight excluding hydrogens is 246 g/mol. The van der Waals surface area contributed by atoms with Crippen LogP contribution in [0.1, 0.15) is 38.1 Å². The summed E-state index contributed by atoms with van der Waals surface area (Å²) in [5, 5.41) is 0. The van der Waals surface area contributed by atoms with Crippen molar-refractivity contribution in [1.82, 2.24) is 4.98 Å². The van der Waals surface area contributed by atoms with Crippen molar-refractivity contribution in [2.24, 2.45) is 0 Å². The number of carbonyl (C=O) groups excluding carboxylic acids is 1. The van der Waals surface area contributed by atoms with Gasteiger partial charge in [0.25, 0.3) is 0 Å². The molecule has 19 heavy (non-hydrogen) atoms. The number of rotatable bonds is 6. The van der Waals surface area contributed by atoms with Crippen LogP contribution in [0.25, 0.3) is 0 Å². The van der Waals surface area contributed by atoms with Crippen molar-refractivity contribution in [2.45, 2.75) is 33.3 Å². The van der Waals surface area contributed by atoms with E-state index >= 15 is 0 Å². The van der Waals surface area contributed by atoms with E-state index in [-0.39, 0.29) is 11.6 Å². The van der Waals surface area contributed by atoms with Crippen LogP contribution in [0.3, 0.4) is 0 Å². The summed E-state index contributed by atoms with van der Waals surface area (Å²) in [6.45, 7) is 8.98. The third-order valence-corrected chi connectivity index (χ3v) is 2.12. The zero-order valence-corrected chi connectivity index (χ0v) is 11.9. The lowest BCUT2D eigenvalue weighted by Crippen LogP contribution is -2.22. The van der Waals surface area contributed by atoms with Crippen LogP contribution in [0, 0.1) is 0 Å². The van der Waals surface area contributed by atoms with Gasteiger partial charge in [0.2, 0.25) is 5.88 Å². The second kappa shape index (κ2) is 7.09. The van der Waals surface area contributed by atoms with Crippen molar-refractivity contribution in [3.63, 3.8) is 0 Å². The highest BCUT2D eigenvalue weighted by Gasteiger charge is 2.10. The zero-order valence-electron chi connectivity index (χ0n) is 11.9. The number of hydrogen-bond acceptors (Lipinski definition) is 5. The molecule has 5 heteroatoms. The fourth-order valence-corrected chi connectivity index (χ4v) is 1.29. The Balaban J connectivity index is 2.38. The highest BCUT2D eigenvalue weighted by Crippen LogP contribution is 2.10. The van der Waals surface area contributed by atoms with Gasteiger partial charge in [-0.25, -0.2) is 9.78 Å². The van der Waals surface area contributed by atoms with Gasteiger partial charge in [0.05, 0.1) is 24.4 Å². The van der Waals surface area contributed by atoms with Gasteiger partial charge in [-0.2, -0.15) is 0 Å². The molecule has 0 radical (unpaired) electrons. The molecule has 0 aliphatic rings. The molecule has 0 aliphatic carbocycles. The van der Waals surface area contributed by atoms with E-state index in [1.54, 1.807) is 19.1 Å². The van der Waals surface area contributed by atoms with E-state index in [0.717, 1.165) is 0 Å². The standard InChI is InChI=1S/C14H21NO4/c1-5-17-13(16)11-6-7-12(15-10-11)18-8-9-19-14(2,3)4/h6-7,10H,5,8-9H2,1-4H3. The second-order valence-electron chi connectivity index (χ2n) is 4.91. The molecule has 0 saturated heterocycles. The van der Waals surface area contributed by atoms with Gasteiger partial charge in [0.1, 0.15) is 6.61 Å². The summed E-state index contributed by atoms with van der Waals surface area (Å²) in [6.07, 6.45) is 1.44. The topological polar surface area (TPSA) is 57.7 Å². The van der Waals surface area contributed by atoms with Crippen LogP contribution in [-0.2, 0) is 9.47 Å². The monoisotopic (exact) mass is 267 g/mol. The third-order valence-electron chi connectivity index (χ3n) is 2.12. The number of esters is 1. The van der Waals surface area contributed by atoms with Gasteiger partial charge in [-0.05, 0) is 33.8 Å². The van der Waals surface area contributed by atoms with E-state index in [0.29, 0.717) is 31.3 Å². The first-order valence-electron chi connectivity index (χ1n) is 6.32. The van der Waals surface area contributed by atoms with Gasteiger partial charge in [0.15, 0.2) is 0 Å². The minimum atomic E-state index is -0.377. The van der Waals surface area contributed by atoms with Gasteiger partial charge < -0.3 is 14.2 Å². The summed E-state index contributed by atoms with van der Waals surface area (Å²) < 4.78 is 15.8. The molecule has 0 bridgehead atoms. The summed E-state index contributed by atoms with van der Waals surface area (Å²) in [6, 6.07) is 3.27. The number of ether oxygens (including phenoxy) is 3. The van der Waals surface area contributed by atoms with Crippen LogP contribution in [0.2, 0.25) is 0 Å². The lowest BCUT2D eigenvalue weighted by atomic mass is 10.2. The largest absolute Gasteiger partial charge is 0.475 e. The summed E-state index contributed by atoms with van der Waals surface area (Å²) in [5.74, 6) is 0.0863. The van der Waals surface area contributed by atoms with Gasteiger partial charge in [0, 0.05) is 12.3 Å². The highest BCUT2D eigenvalue weighted by molar-refractivity contribution is 5.89. The number of hydrogen-bond donors (Lipinski definition) is 0. The highest BCUT2D eigenvalue weighted by atomic mass is 16.5. The van der Waals surface area contributed by atoms with Gasteiger partial charge in [-0.15, -0.1) is 0 Å². The van der Waals surface area contributed by atoms with E-state index < -0.39 is 0 Å². The Morgan fingerprint density at radius 3 is 2.53 bits per heavy atom. The molecule has 0 N–H and O–H groups in total. The van der Waals surface area contributed by atoms with Crippen molar-refractivity contribution in [2.75, 3.05) is 19.8 Å². The van der Waals surface area contributed by atoms with Gasteiger partial charge in [-0.3, -0.25) is 0 Å². The summed E-state index contributed by atoms with van der Waals surface area (Å²) >= 11 is 0. The van der Waals surface area contributed by atoms with E-state index in [4.69, 9.17) is 14.2 Å². The molecule has 5 nitrogen and oxygen atoms in total. The van der Waals surface area contributed by atoms with Crippen molar-refractivity contribution in [3.05, 3.63) is 23.9 Å². The quantitative estimate of drug-likeness (QED) is 0.585. The van der Waals surface area contributed by atoms with Crippen LogP contribution in [0.5, 0.6) is 5.88 Å². The molecular formula is C14H21NO4. The smallest absolute Gasteiger partial charge is 0.339 e. The molecule has 0 aliphatic heterocycles. The first-order chi connectivity index (χ1) is 8.92. The minimum absolute atomic E-state index is 0.176. The molecule has 1 aromatic heterocycles. The van der Waals surface area contributed by atoms with Crippen molar-refractivity contribution in [1.29, 1.82) is 0 Å². The number of carbonyl (C=O) groups is 1. The molecule has 0 fully saturated rings. The van der Waals surface area contributed by atoms with E-state index in [1.807, 2.05) is 20.8 Å². The lowest BCUT2D eigenvalue weighted by molar-refractivity contribution is -0.0168. The minimum Gasteiger partial charge on any atom is -0.475 e. The maximum absolute atomic E-state index is 11.4. The molecule has 1 rings (SSSR count). The lowest BCUT2D eigenvalue weighted by Gasteiger charge is -2.19. The van der Waals surface area contributed by atoms with Crippen molar-refractivity contribution < 1.29 is 19.0 Å². The zero-order chi connectivity index (χ0) is 14.3. The first-order valence-corrected chi connectivity index (χ1v) is 6.32. The molecule has 0 unspecified atom stereocenters. The fourth-order valence-electron chi connectivity index (χ4n) is 1.29. The van der Waals surface area contributed by atoms with Gasteiger partial charge >= 0.3 is 5.97 Å². The van der Waals surface area contributed by atoms with E-state index in [9.17, 15) is 4.79 Å². The van der Waals surface area contributed by atoms with Crippen LogP contribution in [-0.4, -0.2) is 36.4 Å². The average molecular weight is 267 g/mol. The van der Waals surface area contributed by atoms with Gasteiger partial charge in [-0.1, -0.05) is 0 Å². The molecule has 106 valence electrons. The third kappa shape index (κ3) is 6.20. The van der Waals surface area contributed by atoms with Crippen LogP contribution in [0.4, 0.5) is 0 Å². The predicted octanol–water partition coefficient (Wildman–Crippen LogP) is 2.45. The Kier molecular flexibility index (Phi) is 5.76. The van der Waals surface area contributed by atoms with Crippen molar-refractivity contribution in [3.8, 4) is 5.88 Å². The van der Waals surface area contributed by atoms with Crippen molar-refractivity contribution >= 4 is 5.97 Å². The number of nitrogens with zero attached hydrogens (tertiary/aromatic N) is 1. The van der Waals surface area contributed by atoms with Crippen LogP contribution < -0.4 is 4.74 Å². The SMILES string of the molecule is CCOC(=O)c1ccc(OCCOC(C)(C)C)nc1. The van der Waals surface area contributed by atoms with Crippen LogP contribution in [0.15, 0.2) is 18.3 Å². The first kappa shape index (κ1) is 15.4. The maximum Gasteiger partial charge on any atom is 0.339 e. The summed E-state index contributed by atoms with van der Waals surface area (Å²) in [5.41, 5.74) is 0.241. The summed E-state index contributed by atoms with van der Waals surface area (Å²) in [4.78, 5) is 15.4. The van der Waals surface area contributed by atoms with E-state index in [1.165, 1.54) is 6.20 Å². The maximum atomic E-state index is 11.4. The molecule has 1 aromatic rings. The average Bonchev–Trinajstić information content (AvgIpc) is 2.34. The Hall–Kier alpha value is -1.62. The molecule has 1 heterocycles. The molecule has 0 amide bonds. The normalized spacial score (nSPS) is 11.2. The Labute approximate surface area is 113 Å².